The molecule has 3 heterocycles. The highest BCUT2D eigenvalue weighted by molar-refractivity contribution is 5.66. The van der Waals surface area contributed by atoms with Gasteiger partial charge in [0.15, 0.2) is 6.10 Å². The lowest BCUT2D eigenvalue weighted by molar-refractivity contribution is -0.0772. The van der Waals surface area contributed by atoms with Crippen LogP contribution in [0.5, 0.6) is 0 Å². The zero-order valence-electron chi connectivity index (χ0n) is 18.0. The van der Waals surface area contributed by atoms with Crippen molar-refractivity contribution < 1.29 is 14.3 Å². The van der Waals surface area contributed by atoms with Crippen molar-refractivity contribution in [2.24, 2.45) is 18.2 Å². The van der Waals surface area contributed by atoms with Crippen molar-refractivity contribution in [2.75, 3.05) is 11.9 Å². The van der Waals surface area contributed by atoms with Crippen LogP contribution in [0.25, 0.3) is 11.3 Å². The summed E-state index contributed by atoms with van der Waals surface area (Å²) in [5.41, 5.74) is 9.44. The number of hydrogen-bond acceptors (Lipinski definition) is 7. The number of nitrogens with two attached hydrogens (primary N) is 1. The second-order valence-electron chi connectivity index (χ2n) is 8.64. The summed E-state index contributed by atoms with van der Waals surface area (Å²) >= 11 is 0. The number of benzene rings is 1. The molecule has 0 spiro atoms. The highest BCUT2D eigenvalue weighted by Crippen LogP contribution is 2.45. The molecule has 2 atom stereocenters. The van der Waals surface area contributed by atoms with Crippen LogP contribution in [-0.2, 0) is 16.5 Å². The van der Waals surface area contributed by atoms with E-state index in [1.807, 2.05) is 37.5 Å². The Hall–Kier alpha value is -3.46. The minimum atomic E-state index is -0.820. The second kappa shape index (κ2) is 7.99. The number of aromatic nitrogens is 4. The fraction of sp³-hybridized carbons (Fsp3) is 0.364. The summed E-state index contributed by atoms with van der Waals surface area (Å²) in [7, 11) is 1.85. The molecule has 2 unspecified atom stereocenters. The lowest BCUT2D eigenvalue weighted by Crippen LogP contribution is -2.32. The molecule has 0 saturated carbocycles. The van der Waals surface area contributed by atoms with Crippen molar-refractivity contribution in [1.29, 1.82) is 0 Å². The molecular formula is C22H26N6O3. The molecular weight excluding hydrogens is 396 g/mol. The van der Waals surface area contributed by atoms with Gasteiger partial charge < -0.3 is 20.5 Å². The Balaban J connectivity index is 1.70. The predicted molar refractivity (Wildman–Crippen MR) is 116 cm³/mol. The second-order valence-corrected chi connectivity index (χ2v) is 8.64. The van der Waals surface area contributed by atoms with Crippen LogP contribution in [0.3, 0.4) is 0 Å². The van der Waals surface area contributed by atoms with Gasteiger partial charge in [-0.1, -0.05) is 32.9 Å². The van der Waals surface area contributed by atoms with Crippen molar-refractivity contribution in [2.45, 2.75) is 33.0 Å². The SMILES string of the molecule is Cn1cc(Nc2nccc(-c3ccc4c(c3)C(C(C)(C)C)OCC4OC(N)=O)n2)cn1. The van der Waals surface area contributed by atoms with E-state index in [0.29, 0.717) is 5.95 Å². The zero-order chi connectivity index (χ0) is 22.2. The Bertz CT molecular complexity index is 1100. The Labute approximate surface area is 180 Å². The first-order valence-electron chi connectivity index (χ1n) is 10.0. The van der Waals surface area contributed by atoms with E-state index in [4.69, 9.17) is 15.2 Å². The van der Waals surface area contributed by atoms with E-state index in [1.165, 1.54) is 0 Å². The molecule has 0 radical (unpaired) electrons. The number of anilines is 2. The smallest absolute Gasteiger partial charge is 0.405 e. The van der Waals surface area contributed by atoms with Gasteiger partial charge in [-0.05, 0) is 23.1 Å². The molecule has 3 aromatic rings. The molecule has 0 saturated heterocycles. The van der Waals surface area contributed by atoms with Gasteiger partial charge in [-0.25, -0.2) is 14.8 Å². The molecule has 1 amide bonds. The minimum absolute atomic E-state index is 0.149. The average Bonchev–Trinajstić information content (AvgIpc) is 3.11. The molecule has 4 rings (SSSR count). The van der Waals surface area contributed by atoms with Gasteiger partial charge in [0.05, 0.1) is 30.3 Å². The Morgan fingerprint density at radius 2 is 2.10 bits per heavy atom. The standard InChI is InChI=1S/C22H26N6O3/c1-22(2,3)19-16-9-13(5-6-15(16)18(12-30-19)31-20(23)29)17-7-8-24-21(27-17)26-14-10-25-28(4)11-14/h5-11,18-19H,12H2,1-4H3,(H2,23,29)(H,24,26,27). The molecule has 0 bridgehead atoms. The molecule has 31 heavy (non-hydrogen) atoms. The van der Waals surface area contributed by atoms with Crippen molar-refractivity contribution in [3.63, 3.8) is 0 Å². The van der Waals surface area contributed by atoms with Gasteiger partial charge in [-0.2, -0.15) is 5.10 Å². The summed E-state index contributed by atoms with van der Waals surface area (Å²) in [5, 5.41) is 7.30. The summed E-state index contributed by atoms with van der Waals surface area (Å²) in [6, 6.07) is 7.80. The number of primary amides is 1. The largest absolute Gasteiger partial charge is 0.439 e. The molecule has 1 aromatic carbocycles. The van der Waals surface area contributed by atoms with Crippen molar-refractivity contribution in [1.82, 2.24) is 19.7 Å². The number of fused-ring (bicyclic) bond motifs is 1. The first-order chi connectivity index (χ1) is 14.7. The molecule has 3 N–H and O–H groups in total. The van der Waals surface area contributed by atoms with Gasteiger partial charge in [0.2, 0.25) is 5.95 Å². The van der Waals surface area contributed by atoms with Gasteiger partial charge in [0.25, 0.3) is 0 Å². The summed E-state index contributed by atoms with van der Waals surface area (Å²) in [5.74, 6) is 0.474. The third-order valence-electron chi connectivity index (χ3n) is 5.09. The molecule has 0 fully saturated rings. The maximum atomic E-state index is 11.3. The fourth-order valence-electron chi connectivity index (χ4n) is 3.77. The summed E-state index contributed by atoms with van der Waals surface area (Å²) in [6.45, 7) is 6.61. The van der Waals surface area contributed by atoms with Crippen molar-refractivity contribution in [3.8, 4) is 11.3 Å². The topological polar surface area (TPSA) is 117 Å². The van der Waals surface area contributed by atoms with E-state index in [1.54, 1.807) is 17.1 Å². The van der Waals surface area contributed by atoms with E-state index in [-0.39, 0.29) is 18.1 Å². The van der Waals surface area contributed by atoms with Crippen LogP contribution < -0.4 is 11.1 Å². The van der Waals surface area contributed by atoms with E-state index >= 15 is 0 Å². The quantitative estimate of drug-likeness (QED) is 0.655. The number of ether oxygens (including phenoxy) is 2. The molecule has 1 aliphatic rings. The number of aryl methyl sites for hydroxylation is 1. The molecule has 2 aromatic heterocycles. The average molecular weight is 422 g/mol. The van der Waals surface area contributed by atoms with Crippen LogP contribution in [0.15, 0.2) is 42.9 Å². The Morgan fingerprint density at radius 3 is 2.77 bits per heavy atom. The molecule has 9 nitrogen and oxygen atoms in total. The number of nitrogens with zero attached hydrogens (tertiary/aromatic N) is 4. The summed E-state index contributed by atoms with van der Waals surface area (Å²) < 4.78 is 13.1. The summed E-state index contributed by atoms with van der Waals surface area (Å²) in [4.78, 5) is 20.3. The maximum absolute atomic E-state index is 11.3. The first-order valence-corrected chi connectivity index (χ1v) is 10.0. The first kappa shape index (κ1) is 20.8. The molecule has 1 aliphatic heterocycles. The maximum Gasteiger partial charge on any atom is 0.405 e. The number of amides is 1. The number of hydrogen-bond donors (Lipinski definition) is 2. The highest BCUT2D eigenvalue weighted by atomic mass is 16.6. The van der Waals surface area contributed by atoms with Crippen LogP contribution >= 0.6 is 0 Å². The number of carbonyl (C=O) groups is 1. The number of rotatable bonds is 4. The lowest BCUT2D eigenvalue weighted by atomic mass is 9.80. The molecule has 9 heteroatoms. The minimum Gasteiger partial charge on any atom is -0.439 e. The van der Waals surface area contributed by atoms with Crippen LogP contribution in [0.1, 0.15) is 44.1 Å². The van der Waals surface area contributed by atoms with E-state index in [0.717, 1.165) is 28.1 Å². The Morgan fingerprint density at radius 1 is 1.29 bits per heavy atom. The summed E-state index contributed by atoms with van der Waals surface area (Å²) in [6.07, 6.45) is 3.74. The van der Waals surface area contributed by atoms with Gasteiger partial charge in [0, 0.05) is 30.6 Å². The third-order valence-corrected chi connectivity index (χ3v) is 5.09. The van der Waals surface area contributed by atoms with Crippen molar-refractivity contribution in [3.05, 3.63) is 54.0 Å². The van der Waals surface area contributed by atoms with Gasteiger partial charge >= 0.3 is 6.09 Å². The van der Waals surface area contributed by atoms with Gasteiger partial charge in [-0.15, -0.1) is 0 Å². The molecule has 162 valence electrons. The van der Waals surface area contributed by atoms with Crippen molar-refractivity contribution >= 4 is 17.7 Å². The van der Waals surface area contributed by atoms with Crippen LogP contribution in [0.2, 0.25) is 0 Å². The Kier molecular flexibility index (Phi) is 5.36. The lowest BCUT2D eigenvalue weighted by Gasteiger charge is -2.38. The van der Waals surface area contributed by atoms with Crippen LogP contribution in [-0.4, -0.2) is 32.4 Å². The number of carbonyl (C=O) groups excluding carboxylic acids is 1. The van der Waals surface area contributed by atoms with Gasteiger partial charge in [-0.3, -0.25) is 4.68 Å². The normalized spacial score (nSPS) is 18.3. The monoisotopic (exact) mass is 422 g/mol. The zero-order valence-corrected chi connectivity index (χ0v) is 18.0. The molecule has 0 aliphatic carbocycles. The van der Waals surface area contributed by atoms with E-state index in [2.05, 4.69) is 41.2 Å². The van der Waals surface area contributed by atoms with Crippen LogP contribution in [0.4, 0.5) is 16.4 Å². The van der Waals surface area contributed by atoms with Gasteiger partial charge in [0.1, 0.15) is 0 Å². The highest BCUT2D eigenvalue weighted by Gasteiger charge is 2.36. The predicted octanol–water partition coefficient (Wildman–Crippen LogP) is 3.87. The van der Waals surface area contributed by atoms with E-state index in [9.17, 15) is 4.79 Å². The third kappa shape index (κ3) is 4.51. The fourth-order valence-corrected chi connectivity index (χ4v) is 3.77. The number of nitrogens with one attached hydrogen (secondary N) is 1. The van der Waals surface area contributed by atoms with Crippen LogP contribution in [0, 0.1) is 5.41 Å². The van der Waals surface area contributed by atoms with E-state index < -0.39 is 12.2 Å².